The maximum Gasteiger partial charge on any atom is 0.416 e. The van der Waals surface area contributed by atoms with Crippen molar-refractivity contribution in [2.75, 3.05) is 5.32 Å². The molecule has 3 nitrogen and oxygen atoms in total. The zero-order chi connectivity index (χ0) is 17.7. The fourth-order valence-corrected chi connectivity index (χ4v) is 2.20. The number of rotatable bonds is 3. The molecule has 0 aliphatic rings. The topological polar surface area (TPSA) is 36.4 Å². The van der Waals surface area contributed by atoms with Crippen LogP contribution in [0.5, 0.6) is 0 Å². The van der Waals surface area contributed by atoms with E-state index in [9.17, 15) is 13.2 Å². The van der Waals surface area contributed by atoms with Crippen molar-refractivity contribution in [2.24, 2.45) is 5.10 Å². The number of halogens is 5. The zero-order valence-corrected chi connectivity index (χ0v) is 14.2. The molecule has 126 valence electrons. The molecule has 0 amide bonds. The fraction of sp³-hybridized carbons (Fsp3) is 0.0667. The van der Waals surface area contributed by atoms with E-state index in [1.165, 1.54) is 6.21 Å². The van der Waals surface area contributed by atoms with Crippen LogP contribution in [0.2, 0.25) is 10.0 Å². The SMILES string of the molecule is FC(F)(F)c1ccc(Cl)c(NC(=S)NN=Cc2ccccc2Cl)c1. The first-order chi connectivity index (χ1) is 11.3. The Labute approximate surface area is 151 Å². The van der Waals surface area contributed by atoms with Crippen molar-refractivity contribution in [3.63, 3.8) is 0 Å². The van der Waals surface area contributed by atoms with Gasteiger partial charge in [-0.15, -0.1) is 0 Å². The number of hydrogen-bond acceptors (Lipinski definition) is 2. The molecule has 0 heterocycles. The van der Waals surface area contributed by atoms with Gasteiger partial charge in [0.1, 0.15) is 0 Å². The third-order valence-electron chi connectivity index (χ3n) is 2.82. The maximum absolute atomic E-state index is 12.7. The van der Waals surface area contributed by atoms with Crippen molar-refractivity contribution >= 4 is 52.4 Å². The van der Waals surface area contributed by atoms with Crippen molar-refractivity contribution in [3.8, 4) is 0 Å². The molecule has 0 atom stereocenters. The van der Waals surface area contributed by atoms with Crippen molar-refractivity contribution in [1.29, 1.82) is 0 Å². The summed E-state index contributed by atoms with van der Waals surface area (Å²) in [4.78, 5) is 0. The van der Waals surface area contributed by atoms with Crippen LogP contribution in [0.15, 0.2) is 47.6 Å². The molecule has 0 unspecified atom stereocenters. The van der Waals surface area contributed by atoms with Gasteiger partial charge >= 0.3 is 6.18 Å². The molecule has 0 radical (unpaired) electrons. The van der Waals surface area contributed by atoms with Gasteiger partial charge in [0.2, 0.25) is 0 Å². The van der Waals surface area contributed by atoms with E-state index in [0.29, 0.717) is 10.6 Å². The number of thiocarbonyl (C=S) groups is 1. The Bertz CT molecular complexity index is 779. The Morgan fingerprint density at radius 3 is 2.46 bits per heavy atom. The summed E-state index contributed by atoms with van der Waals surface area (Å²) in [5.74, 6) is 0. The molecule has 9 heteroatoms. The highest BCUT2D eigenvalue weighted by Crippen LogP contribution is 2.33. The van der Waals surface area contributed by atoms with Crippen LogP contribution in [0, 0.1) is 0 Å². The molecule has 2 rings (SSSR count). The summed E-state index contributed by atoms with van der Waals surface area (Å²) < 4.78 is 38.1. The fourth-order valence-electron chi connectivity index (χ4n) is 1.69. The standard InChI is InChI=1S/C15H10Cl2F3N3S/c16-11-4-2-1-3-9(11)8-21-23-14(24)22-13-7-10(15(18,19)20)5-6-12(13)17/h1-8H,(H2,22,23,24). The van der Waals surface area contributed by atoms with Crippen LogP contribution in [-0.2, 0) is 6.18 Å². The highest BCUT2D eigenvalue weighted by atomic mass is 35.5. The largest absolute Gasteiger partial charge is 0.416 e. The van der Waals surface area contributed by atoms with Crippen LogP contribution < -0.4 is 10.7 Å². The molecule has 0 aliphatic heterocycles. The van der Waals surface area contributed by atoms with E-state index in [4.69, 9.17) is 35.4 Å². The van der Waals surface area contributed by atoms with Gasteiger partial charge in [-0.2, -0.15) is 18.3 Å². The van der Waals surface area contributed by atoms with E-state index in [2.05, 4.69) is 15.8 Å². The van der Waals surface area contributed by atoms with Crippen LogP contribution in [0.1, 0.15) is 11.1 Å². The smallest absolute Gasteiger partial charge is 0.330 e. The normalized spacial score (nSPS) is 11.5. The third-order valence-corrected chi connectivity index (χ3v) is 3.68. The van der Waals surface area contributed by atoms with Gasteiger partial charge in [-0.3, -0.25) is 5.43 Å². The quantitative estimate of drug-likeness (QED) is 0.421. The summed E-state index contributed by atoms with van der Waals surface area (Å²) in [5.41, 5.74) is 2.33. The third kappa shape index (κ3) is 5.09. The number of nitrogens with one attached hydrogen (secondary N) is 2. The lowest BCUT2D eigenvalue weighted by molar-refractivity contribution is -0.137. The molecule has 0 saturated heterocycles. The Balaban J connectivity index is 2.04. The summed E-state index contributed by atoms with van der Waals surface area (Å²) in [6.07, 6.45) is -3.04. The molecule has 0 fully saturated rings. The molecule has 0 spiro atoms. The Morgan fingerprint density at radius 1 is 1.08 bits per heavy atom. The second-order valence-corrected chi connectivity index (χ2v) is 5.76. The van der Waals surface area contributed by atoms with Crippen LogP contribution in [0.3, 0.4) is 0 Å². The lowest BCUT2D eigenvalue weighted by Crippen LogP contribution is -2.24. The lowest BCUT2D eigenvalue weighted by Gasteiger charge is -2.12. The number of alkyl halides is 3. The van der Waals surface area contributed by atoms with Gasteiger partial charge in [0.05, 0.1) is 22.5 Å². The second-order valence-electron chi connectivity index (χ2n) is 4.54. The first kappa shape index (κ1) is 18.5. The maximum atomic E-state index is 12.7. The van der Waals surface area contributed by atoms with E-state index in [0.717, 1.165) is 18.2 Å². The van der Waals surface area contributed by atoms with Crippen LogP contribution in [0.25, 0.3) is 0 Å². The second kappa shape index (κ2) is 7.83. The molecule has 0 bridgehead atoms. The predicted molar refractivity (Wildman–Crippen MR) is 94.9 cm³/mol. The number of nitrogens with zero attached hydrogens (tertiary/aromatic N) is 1. The summed E-state index contributed by atoms with van der Waals surface area (Å²) >= 11 is 16.8. The molecular weight excluding hydrogens is 382 g/mol. The van der Waals surface area contributed by atoms with Crippen molar-refractivity contribution in [2.45, 2.75) is 6.18 Å². The molecule has 0 saturated carbocycles. The van der Waals surface area contributed by atoms with Crippen LogP contribution in [0.4, 0.5) is 18.9 Å². The van der Waals surface area contributed by atoms with E-state index in [1.54, 1.807) is 24.3 Å². The molecule has 0 aromatic heterocycles. The first-order valence-corrected chi connectivity index (χ1v) is 7.65. The Morgan fingerprint density at radius 2 is 1.79 bits per heavy atom. The minimum Gasteiger partial charge on any atom is -0.330 e. The van der Waals surface area contributed by atoms with Gasteiger partial charge in [-0.05, 0) is 36.5 Å². The minimum atomic E-state index is -4.47. The molecule has 0 aliphatic carbocycles. The highest BCUT2D eigenvalue weighted by Gasteiger charge is 2.31. The van der Waals surface area contributed by atoms with Gasteiger partial charge in [-0.1, -0.05) is 41.4 Å². The van der Waals surface area contributed by atoms with Crippen molar-refractivity contribution < 1.29 is 13.2 Å². The number of hydrazone groups is 1. The van der Waals surface area contributed by atoms with E-state index >= 15 is 0 Å². The molecule has 2 N–H and O–H groups in total. The number of anilines is 1. The molecular formula is C15H10Cl2F3N3S. The van der Waals surface area contributed by atoms with Gasteiger partial charge in [0, 0.05) is 10.6 Å². The van der Waals surface area contributed by atoms with Gasteiger partial charge in [0.15, 0.2) is 5.11 Å². The average Bonchev–Trinajstić information content (AvgIpc) is 2.50. The Kier molecular flexibility index (Phi) is 6.04. The molecule has 2 aromatic carbocycles. The van der Waals surface area contributed by atoms with Gasteiger partial charge in [-0.25, -0.2) is 0 Å². The van der Waals surface area contributed by atoms with Crippen molar-refractivity contribution in [3.05, 3.63) is 63.6 Å². The lowest BCUT2D eigenvalue weighted by atomic mass is 10.2. The van der Waals surface area contributed by atoms with Gasteiger partial charge in [0.25, 0.3) is 0 Å². The molecule has 24 heavy (non-hydrogen) atoms. The van der Waals surface area contributed by atoms with Crippen LogP contribution in [-0.4, -0.2) is 11.3 Å². The first-order valence-electron chi connectivity index (χ1n) is 6.48. The predicted octanol–water partition coefficient (Wildman–Crippen LogP) is 5.33. The van der Waals surface area contributed by atoms with Gasteiger partial charge < -0.3 is 5.32 Å². The zero-order valence-electron chi connectivity index (χ0n) is 11.9. The highest BCUT2D eigenvalue weighted by molar-refractivity contribution is 7.80. The van der Waals surface area contributed by atoms with Crippen molar-refractivity contribution in [1.82, 2.24) is 5.43 Å². The number of benzene rings is 2. The summed E-state index contributed by atoms with van der Waals surface area (Å²) in [7, 11) is 0. The van der Waals surface area contributed by atoms with E-state index in [1.807, 2.05) is 0 Å². The van der Waals surface area contributed by atoms with Crippen LogP contribution >= 0.6 is 35.4 Å². The monoisotopic (exact) mass is 391 g/mol. The minimum absolute atomic E-state index is 0.0143. The Hall–Kier alpha value is -1.83. The summed E-state index contributed by atoms with van der Waals surface area (Å²) in [6.45, 7) is 0. The van der Waals surface area contributed by atoms with E-state index in [-0.39, 0.29) is 15.8 Å². The van der Waals surface area contributed by atoms with E-state index < -0.39 is 11.7 Å². The average molecular weight is 392 g/mol. The summed E-state index contributed by atoms with van der Waals surface area (Å²) in [5, 5.41) is 7.02. The molecule has 2 aromatic rings. The summed E-state index contributed by atoms with van der Waals surface area (Å²) in [6, 6.07) is 9.90. The number of hydrogen-bond donors (Lipinski definition) is 2.